The van der Waals surface area contributed by atoms with E-state index in [1.165, 1.54) is 24.8 Å². The summed E-state index contributed by atoms with van der Waals surface area (Å²) in [6, 6.07) is 11.4. The van der Waals surface area contributed by atoms with Crippen LogP contribution in [0, 0.1) is 11.3 Å². The minimum absolute atomic E-state index is 0.493. The fraction of sp³-hybridized carbons (Fsp3) is 0.625. The van der Waals surface area contributed by atoms with E-state index in [0.717, 1.165) is 12.5 Å². The molecule has 2 rings (SSSR count). The lowest BCUT2D eigenvalue weighted by atomic mass is 9.68. The molecule has 1 aliphatic rings. The zero-order chi connectivity index (χ0) is 12.3. The third kappa shape index (κ3) is 3.32. The Morgan fingerprint density at radius 3 is 2.53 bits per heavy atom. The molecule has 1 aromatic rings. The van der Waals surface area contributed by atoms with Crippen LogP contribution in [0.4, 0.5) is 0 Å². The van der Waals surface area contributed by atoms with Crippen molar-refractivity contribution >= 4 is 0 Å². The third-order valence-electron chi connectivity index (χ3n) is 4.49. The molecule has 0 saturated heterocycles. The van der Waals surface area contributed by atoms with Gasteiger partial charge in [0.15, 0.2) is 0 Å². The van der Waals surface area contributed by atoms with Crippen LogP contribution in [-0.2, 0) is 6.54 Å². The summed E-state index contributed by atoms with van der Waals surface area (Å²) >= 11 is 0. The van der Waals surface area contributed by atoms with Gasteiger partial charge in [0.05, 0.1) is 0 Å². The van der Waals surface area contributed by atoms with Crippen molar-refractivity contribution in [3.8, 4) is 0 Å². The molecule has 0 amide bonds. The molecule has 0 spiro atoms. The van der Waals surface area contributed by atoms with E-state index in [-0.39, 0.29) is 0 Å². The van der Waals surface area contributed by atoms with Crippen LogP contribution >= 0.6 is 0 Å². The first kappa shape index (κ1) is 12.6. The van der Waals surface area contributed by atoms with Crippen molar-refractivity contribution in [2.45, 2.75) is 52.6 Å². The van der Waals surface area contributed by atoms with Crippen molar-refractivity contribution < 1.29 is 0 Å². The summed E-state index contributed by atoms with van der Waals surface area (Å²) in [5.41, 5.74) is 1.89. The fourth-order valence-corrected chi connectivity index (χ4v) is 2.81. The van der Waals surface area contributed by atoms with Gasteiger partial charge in [-0.05, 0) is 36.2 Å². The maximum atomic E-state index is 3.71. The Kier molecular flexibility index (Phi) is 3.88. The number of benzene rings is 1. The molecule has 17 heavy (non-hydrogen) atoms. The molecular formula is C16H25N. The van der Waals surface area contributed by atoms with Crippen molar-refractivity contribution in [3.63, 3.8) is 0 Å². The molecule has 1 saturated carbocycles. The summed E-state index contributed by atoms with van der Waals surface area (Å²) in [5.74, 6) is 0.859. The van der Waals surface area contributed by atoms with Crippen molar-refractivity contribution in [3.05, 3.63) is 35.9 Å². The molecule has 1 heteroatoms. The molecule has 1 fully saturated rings. The number of hydrogen-bond acceptors (Lipinski definition) is 1. The molecule has 0 aromatic heterocycles. The first-order valence-corrected chi connectivity index (χ1v) is 6.85. The van der Waals surface area contributed by atoms with Crippen LogP contribution in [0.2, 0.25) is 0 Å². The SMILES string of the molecule is CC1CCC(NCc2ccccc2)CC1(C)C. The van der Waals surface area contributed by atoms with E-state index in [0.29, 0.717) is 11.5 Å². The molecule has 94 valence electrons. The highest BCUT2D eigenvalue weighted by atomic mass is 14.9. The Balaban J connectivity index is 1.85. The molecule has 0 bridgehead atoms. The van der Waals surface area contributed by atoms with E-state index >= 15 is 0 Å². The van der Waals surface area contributed by atoms with Gasteiger partial charge in [0.2, 0.25) is 0 Å². The monoisotopic (exact) mass is 231 g/mol. The standard InChI is InChI=1S/C16H25N/c1-13-9-10-15(11-16(13,2)3)17-12-14-7-5-4-6-8-14/h4-8,13,15,17H,9-12H2,1-3H3. The van der Waals surface area contributed by atoms with E-state index in [1.807, 2.05) is 0 Å². The zero-order valence-corrected chi connectivity index (χ0v) is 11.4. The maximum absolute atomic E-state index is 3.71. The smallest absolute Gasteiger partial charge is 0.0208 e. The van der Waals surface area contributed by atoms with Gasteiger partial charge >= 0.3 is 0 Å². The number of nitrogens with one attached hydrogen (secondary N) is 1. The lowest BCUT2D eigenvalue weighted by Crippen LogP contribution is -2.40. The van der Waals surface area contributed by atoms with Crippen LogP contribution in [0.3, 0.4) is 0 Å². The maximum Gasteiger partial charge on any atom is 0.0208 e. The van der Waals surface area contributed by atoms with Crippen molar-refractivity contribution in [1.29, 1.82) is 0 Å². The molecule has 2 unspecified atom stereocenters. The lowest BCUT2D eigenvalue weighted by Gasteiger charge is -2.41. The number of rotatable bonds is 3. The minimum atomic E-state index is 0.493. The molecule has 1 aliphatic carbocycles. The Morgan fingerprint density at radius 1 is 1.18 bits per heavy atom. The second-order valence-electron chi connectivity index (χ2n) is 6.23. The Bertz CT molecular complexity index is 342. The van der Waals surface area contributed by atoms with Gasteiger partial charge < -0.3 is 5.32 Å². The largest absolute Gasteiger partial charge is 0.310 e. The molecule has 0 aliphatic heterocycles. The van der Waals surface area contributed by atoms with Crippen LogP contribution in [0.15, 0.2) is 30.3 Å². The Hall–Kier alpha value is -0.820. The van der Waals surface area contributed by atoms with E-state index < -0.39 is 0 Å². The molecule has 0 heterocycles. The highest BCUT2D eigenvalue weighted by Gasteiger charge is 2.33. The molecule has 0 radical (unpaired) electrons. The molecular weight excluding hydrogens is 206 g/mol. The third-order valence-corrected chi connectivity index (χ3v) is 4.49. The summed E-state index contributed by atoms with van der Waals surface area (Å²) in [4.78, 5) is 0. The van der Waals surface area contributed by atoms with E-state index in [2.05, 4.69) is 56.4 Å². The van der Waals surface area contributed by atoms with Crippen LogP contribution < -0.4 is 5.32 Å². The summed E-state index contributed by atoms with van der Waals surface area (Å²) in [7, 11) is 0. The van der Waals surface area contributed by atoms with E-state index in [1.54, 1.807) is 0 Å². The Morgan fingerprint density at radius 2 is 1.88 bits per heavy atom. The van der Waals surface area contributed by atoms with Gasteiger partial charge in [-0.1, -0.05) is 51.1 Å². The second-order valence-corrected chi connectivity index (χ2v) is 6.23. The predicted molar refractivity (Wildman–Crippen MR) is 73.9 cm³/mol. The zero-order valence-electron chi connectivity index (χ0n) is 11.4. The summed E-state index contributed by atoms with van der Waals surface area (Å²) in [6.45, 7) is 8.23. The summed E-state index contributed by atoms with van der Waals surface area (Å²) in [6.07, 6.45) is 4.00. The quantitative estimate of drug-likeness (QED) is 0.829. The minimum Gasteiger partial charge on any atom is -0.310 e. The van der Waals surface area contributed by atoms with Crippen molar-refractivity contribution in [2.24, 2.45) is 11.3 Å². The highest BCUT2D eigenvalue weighted by Crippen LogP contribution is 2.40. The number of hydrogen-bond donors (Lipinski definition) is 1. The summed E-state index contributed by atoms with van der Waals surface area (Å²) in [5, 5.41) is 3.71. The normalized spacial score (nSPS) is 27.9. The van der Waals surface area contributed by atoms with Crippen molar-refractivity contribution in [2.75, 3.05) is 0 Å². The topological polar surface area (TPSA) is 12.0 Å². The van der Waals surface area contributed by atoms with E-state index in [9.17, 15) is 0 Å². The summed E-state index contributed by atoms with van der Waals surface area (Å²) < 4.78 is 0. The average Bonchev–Trinajstić information content (AvgIpc) is 2.32. The molecule has 2 atom stereocenters. The predicted octanol–water partition coefficient (Wildman–Crippen LogP) is 3.99. The molecule has 1 N–H and O–H groups in total. The van der Waals surface area contributed by atoms with Gasteiger partial charge in [0, 0.05) is 12.6 Å². The van der Waals surface area contributed by atoms with Crippen LogP contribution in [0.25, 0.3) is 0 Å². The van der Waals surface area contributed by atoms with Gasteiger partial charge in [0.1, 0.15) is 0 Å². The first-order valence-electron chi connectivity index (χ1n) is 6.85. The van der Waals surface area contributed by atoms with Gasteiger partial charge in [-0.2, -0.15) is 0 Å². The van der Waals surface area contributed by atoms with Gasteiger partial charge in [-0.25, -0.2) is 0 Å². The van der Waals surface area contributed by atoms with Crippen LogP contribution in [-0.4, -0.2) is 6.04 Å². The fourth-order valence-electron chi connectivity index (χ4n) is 2.81. The van der Waals surface area contributed by atoms with E-state index in [4.69, 9.17) is 0 Å². The first-order chi connectivity index (χ1) is 8.08. The second kappa shape index (κ2) is 5.22. The van der Waals surface area contributed by atoms with Gasteiger partial charge in [-0.3, -0.25) is 0 Å². The average molecular weight is 231 g/mol. The Labute approximate surface area is 106 Å². The molecule has 1 nitrogen and oxygen atoms in total. The lowest BCUT2D eigenvalue weighted by molar-refractivity contribution is 0.123. The highest BCUT2D eigenvalue weighted by molar-refractivity contribution is 5.14. The van der Waals surface area contributed by atoms with Crippen molar-refractivity contribution in [1.82, 2.24) is 5.32 Å². The van der Waals surface area contributed by atoms with Crippen LogP contribution in [0.1, 0.15) is 45.6 Å². The van der Waals surface area contributed by atoms with Crippen LogP contribution in [0.5, 0.6) is 0 Å². The van der Waals surface area contributed by atoms with Gasteiger partial charge in [0.25, 0.3) is 0 Å². The molecule has 1 aromatic carbocycles. The van der Waals surface area contributed by atoms with Gasteiger partial charge in [-0.15, -0.1) is 0 Å².